The fourth-order valence-electron chi connectivity index (χ4n) is 4.84. The zero-order valence-corrected chi connectivity index (χ0v) is 12.6. The van der Waals surface area contributed by atoms with E-state index in [4.69, 9.17) is 0 Å². The van der Waals surface area contributed by atoms with Crippen molar-refractivity contribution in [3.63, 3.8) is 0 Å². The highest BCUT2D eigenvalue weighted by Gasteiger charge is 2.49. The Morgan fingerprint density at radius 3 is 2.95 bits per heavy atom. The molecular formula is C19H20N2O. The molecule has 3 heterocycles. The van der Waals surface area contributed by atoms with Crippen LogP contribution >= 0.6 is 0 Å². The van der Waals surface area contributed by atoms with E-state index in [1.165, 1.54) is 22.2 Å². The van der Waals surface area contributed by atoms with Crippen LogP contribution < -0.4 is 0 Å². The van der Waals surface area contributed by atoms with E-state index in [2.05, 4.69) is 46.3 Å². The highest BCUT2D eigenvalue weighted by atomic mass is 16.2. The normalized spacial score (nSPS) is 30.1. The molecule has 3 atom stereocenters. The number of allylic oxidation sites excluding steroid dienone is 2. The summed E-state index contributed by atoms with van der Waals surface area (Å²) in [5, 5.41) is 1.35. The number of benzene rings is 1. The monoisotopic (exact) mass is 292 g/mol. The Hall–Kier alpha value is -2.03. The van der Waals surface area contributed by atoms with E-state index < -0.39 is 0 Å². The minimum Gasteiger partial charge on any atom is -0.356 e. The maximum atomic E-state index is 12.8. The average Bonchev–Trinajstić information content (AvgIpc) is 2.97. The largest absolute Gasteiger partial charge is 0.356 e. The molecule has 0 unspecified atom stereocenters. The first-order valence-electron chi connectivity index (χ1n) is 8.39. The number of hydrogen-bond acceptors (Lipinski definition) is 1. The van der Waals surface area contributed by atoms with E-state index >= 15 is 0 Å². The smallest absolute Gasteiger partial charge is 0.226 e. The highest BCUT2D eigenvalue weighted by molar-refractivity contribution is 5.87. The van der Waals surface area contributed by atoms with E-state index in [1.807, 2.05) is 0 Å². The van der Waals surface area contributed by atoms with Crippen molar-refractivity contribution in [2.75, 3.05) is 6.54 Å². The van der Waals surface area contributed by atoms with Gasteiger partial charge in [0, 0.05) is 35.0 Å². The van der Waals surface area contributed by atoms with Crippen molar-refractivity contribution in [2.24, 2.45) is 11.8 Å². The SMILES string of the molecule is O=C1[C@@H]2CC=CC[C@H]2[C@H]2c3[nH]c4ccccc4c3CCCN12. The molecule has 1 amide bonds. The summed E-state index contributed by atoms with van der Waals surface area (Å²) in [6.07, 6.45) is 8.57. The van der Waals surface area contributed by atoms with Crippen LogP contribution in [0.1, 0.15) is 36.6 Å². The molecule has 1 saturated heterocycles. The average molecular weight is 292 g/mol. The van der Waals surface area contributed by atoms with E-state index in [9.17, 15) is 4.79 Å². The lowest BCUT2D eigenvalue weighted by Gasteiger charge is -2.27. The van der Waals surface area contributed by atoms with Crippen LogP contribution in [0.5, 0.6) is 0 Å². The molecule has 0 bridgehead atoms. The molecule has 5 rings (SSSR count). The molecule has 0 spiro atoms. The lowest BCUT2D eigenvalue weighted by Crippen LogP contribution is -2.29. The van der Waals surface area contributed by atoms with Crippen LogP contribution in [0, 0.1) is 11.8 Å². The minimum atomic E-state index is 0.201. The topological polar surface area (TPSA) is 36.1 Å². The van der Waals surface area contributed by atoms with Gasteiger partial charge in [0.2, 0.25) is 5.91 Å². The Labute approximate surface area is 130 Å². The summed E-state index contributed by atoms with van der Waals surface area (Å²) in [4.78, 5) is 18.7. The lowest BCUT2D eigenvalue weighted by atomic mass is 9.80. The molecule has 3 nitrogen and oxygen atoms in total. The quantitative estimate of drug-likeness (QED) is 0.740. The summed E-state index contributed by atoms with van der Waals surface area (Å²) in [5.74, 6) is 1.03. The predicted octanol–water partition coefficient (Wildman–Crippen LogP) is 3.58. The molecule has 1 aliphatic carbocycles. The van der Waals surface area contributed by atoms with Crippen molar-refractivity contribution in [3.8, 4) is 0 Å². The summed E-state index contributed by atoms with van der Waals surface area (Å²) in [5.41, 5.74) is 3.98. The molecule has 3 aliphatic rings. The van der Waals surface area contributed by atoms with Crippen molar-refractivity contribution in [1.29, 1.82) is 0 Å². The molecule has 22 heavy (non-hydrogen) atoms. The molecule has 2 aromatic rings. The van der Waals surface area contributed by atoms with Gasteiger partial charge in [0.15, 0.2) is 0 Å². The van der Waals surface area contributed by atoms with Crippen LogP contribution in [-0.2, 0) is 11.2 Å². The fourth-order valence-corrected chi connectivity index (χ4v) is 4.84. The number of nitrogens with one attached hydrogen (secondary N) is 1. The lowest BCUT2D eigenvalue weighted by molar-refractivity contribution is -0.132. The third-order valence-corrected chi connectivity index (χ3v) is 5.79. The number of carbonyl (C=O) groups is 1. The first-order valence-corrected chi connectivity index (χ1v) is 8.39. The summed E-state index contributed by atoms with van der Waals surface area (Å²) < 4.78 is 0. The number of rotatable bonds is 0. The van der Waals surface area contributed by atoms with Gasteiger partial charge in [0.05, 0.1) is 6.04 Å². The van der Waals surface area contributed by atoms with Gasteiger partial charge < -0.3 is 9.88 Å². The number of H-pyrrole nitrogens is 1. The van der Waals surface area contributed by atoms with E-state index in [0.717, 1.165) is 32.2 Å². The van der Waals surface area contributed by atoms with Gasteiger partial charge in [-0.2, -0.15) is 0 Å². The zero-order valence-electron chi connectivity index (χ0n) is 12.6. The second-order valence-electron chi connectivity index (χ2n) is 6.86. The zero-order chi connectivity index (χ0) is 14.7. The highest BCUT2D eigenvalue weighted by Crippen LogP contribution is 2.49. The second kappa shape index (κ2) is 4.48. The maximum Gasteiger partial charge on any atom is 0.226 e. The molecule has 1 fully saturated rings. The van der Waals surface area contributed by atoms with Crippen LogP contribution in [0.4, 0.5) is 0 Å². The van der Waals surface area contributed by atoms with Crippen LogP contribution in [-0.4, -0.2) is 22.3 Å². The standard InChI is InChI=1S/C19H20N2O/c22-19-15-8-2-1-7-14(15)18-17-13(9-5-11-21(18)19)12-6-3-4-10-16(12)20-17/h1-4,6,10,14-15,18,20H,5,7-9,11H2/t14-,15-,18+/m1/s1. The van der Waals surface area contributed by atoms with Crippen LogP contribution in [0.2, 0.25) is 0 Å². The summed E-state index contributed by atoms with van der Waals surface area (Å²) in [6, 6.07) is 8.83. The molecule has 2 aliphatic heterocycles. The number of nitrogens with zero attached hydrogens (tertiary/aromatic N) is 1. The number of aromatic nitrogens is 1. The summed E-state index contributed by atoms with van der Waals surface area (Å²) >= 11 is 0. The molecule has 0 radical (unpaired) electrons. The van der Waals surface area contributed by atoms with Crippen molar-refractivity contribution >= 4 is 16.8 Å². The third-order valence-electron chi connectivity index (χ3n) is 5.79. The van der Waals surface area contributed by atoms with Gasteiger partial charge in [-0.1, -0.05) is 30.4 Å². The Balaban J connectivity index is 1.72. The summed E-state index contributed by atoms with van der Waals surface area (Å²) in [6.45, 7) is 0.910. The second-order valence-corrected chi connectivity index (χ2v) is 6.86. The summed E-state index contributed by atoms with van der Waals surface area (Å²) in [7, 11) is 0. The number of hydrogen-bond donors (Lipinski definition) is 1. The van der Waals surface area contributed by atoms with E-state index in [1.54, 1.807) is 0 Å². The number of aromatic amines is 1. The number of amides is 1. The Morgan fingerprint density at radius 2 is 2.00 bits per heavy atom. The van der Waals surface area contributed by atoms with Gasteiger partial charge in [-0.15, -0.1) is 0 Å². The fraction of sp³-hybridized carbons (Fsp3) is 0.421. The first kappa shape index (κ1) is 12.5. The van der Waals surface area contributed by atoms with Gasteiger partial charge in [-0.05, 0) is 37.3 Å². The van der Waals surface area contributed by atoms with E-state index in [-0.39, 0.29) is 12.0 Å². The Kier molecular flexibility index (Phi) is 2.55. The molecule has 1 aromatic heterocycles. The number of para-hydroxylation sites is 1. The number of fused-ring (bicyclic) bond motifs is 7. The van der Waals surface area contributed by atoms with Crippen molar-refractivity contribution in [3.05, 3.63) is 47.7 Å². The van der Waals surface area contributed by atoms with Crippen LogP contribution in [0.15, 0.2) is 36.4 Å². The van der Waals surface area contributed by atoms with Gasteiger partial charge in [0.25, 0.3) is 0 Å². The molecule has 3 heteroatoms. The molecular weight excluding hydrogens is 272 g/mol. The first-order chi connectivity index (χ1) is 10.8. The van der Waals surface area contributed by atoms with Gasteiger partial charge in [-0.25, -0.2) is 0 Å². The molecule has 112 valence electrons. The predicted molar refractivity (Wildman–Crippen MR) is 86.4 cm³/mol. The van der Waals surface area contributed by atoms with Crippen molar-refractivity contribution < 1.29 is 4.79 Å². The maximum absolute atomic E-state index is 12.8. The van der Waals surface area contributed by atoms with Gasteiger partial charge >= 0.3 is 0 Å². The van der Waals surface area contributed by atoms with Crippen molar-refractivity contribution in [2.45, 2.75) is 31.7 Å². The Bertz CT molecular complexity index is 788. The van der Waals surface area contributed by atoms with Gasteiger partial charge in [-0.3, -0.25) is 4.79 Å². The molecule has 0 saturated carbocycles. The molecule has 1 aromatic carbocycles. The Morgan fingerprint density at radius 1 is 1.14 bits per heavy atom. The van der Waals surface area contributed by atoms with Crippen molar-refractivity contribution in [1.82, 2.24) is 9.88 Å². The minimum absolute atomic E-state index is 0.201. The van der Waals surface area contributed by atoms with Crippen LogP contribution in [0.3, 0.4) is 0 Å². The number of carbonyl (C=O) groups excluding carboxylic acids is 1. The number of aryl methyl sites for hydroxylation is 1. The van der Waals surface area contributed by atoms with E-state index in [0.29, 0.717) is 11.8 Å². The third kappa shape index (κ3) is 1.54. The van der Waals surface area contributed by atoms with Gasteiger partial charge in [0.1, 0.15) is 0 Å². The molecule has 1 N–H and O–H groups in total. The van der Waals surface area contributed by atoms with Crippen LogP contribution in [0.25, 0.3) is 10.9 Å².